The lowest BCUT2D eigenvalue weighted by Crippen LogP contribution is -2.17. The SMILES string of the molecule is Fc1ccc(NCc2ccc(OC(F)(F)F)cc2)cc1Cl. The van der Waals surface area contributed by atoms with Crippen LogP contribution in [-0.4, -0.2) is 6.36 Å². The normalized spacial score (nSPS) is 11.3. The van der Waals surface area contributed by atoms with Gasteiger partial charge in [0.15, 0.2) is 0 Å². The van der Waals surface area contributed by atoms with Gasteiger partial charge in [-0.3, -0.25) is 0 Å². The lowest BCUT2D eigenvalue weighted by molar-refractivity contribution is -0.274. The molecule has 7 heteroatoms. The quantitative estimate of drug-likeness (QED) is 0.802. The zero-order valence-corrected chi connectivity index (χ0v) is 11.3. The van der Waals surface area contributed by atoms with Gasteiger partial charge in [-0.05, 0) is 35.9 Å². The molecule has 0 radical (unpaired) electrons. The van der Waals surface area contributed by atoms with Crippen molar-refractivity contribution in [1.82, 2.24) is 0 Å². The van der Waals surface area contributed by atoms with Crippen molar-refractivity contribution in [2.45, 2.75) is 12.9 Å². The molecule has 0 aliphatic heterocycles. The molecule has 0 spiro atoms. The van der Waals surface area contributed by atoms with Gasteiger partial charge in [-0.2, -0.15) is 0 Å². The standard InChI is InChI=1S/C14H10ClF4NO/c15-12-7-10(3-6-13(12)16)20-8-9-1-4-11(5-2-9)21-14(17,18)19/h1-7,20H,8H2. The van der Waals surface area contributed by atoms with Crippen molar-refractivity contribution in [2.75, 3.05) is 5.32 Å². The van der Waals surface area contributed by atoms with Crippen molar-refractivity contribution in [3.05, 3.63) is 58.9 Å². The van der Waals surface area contributed by atoms with Gasteiger partial charge in [0.2, 0.25) is 0 Å². The first-order chi connectivity index (χ1) is 9.83. The average molecular weight is 320 g/mol. The molecule has 0 saturated carbocycles. The Morgan fingerprint density at radius 1 is 1.05 bits per heavy atom. The second kappa shape index (κ2) is 6.22. The van der Waals surface area contributed by atoms with Crippen molar-refractivity contribution in [1.29, 1.82) is 0 Å². The number of anilines is 1. The summed E-state index contributed by atoms with van der Waals surface area (Å²) in [5.41, 5.74) is 1.35. The molecule has 0 aliphatic rings. The van der Waals surface area contributed by atoms with Crippen LogP contribution in [-0.2, 0) is 6.54 Å². The maximum Gasteiger partial charge on any atom is 0.573 e. The molecule has 0 aromatic heterocycles. The number of nitrogens with one attached hydrogen (secondary N) is 1. The molecule has 0 bridgehead atoms. The Hall–Kier alpha value is -1.95. The largest absolute Gasteiger partial charge is 0.573 e. The van der Waals surface area contributed by atoms with Crippen molar-refractivity contribution < 1.29 is 22.3 Å². The van der Waals surface area contributed by atoms with E-state index in [4.69, 9.17) is 11.6 Å². The number of ether oxygens (including phenoxy) is 1. The van der Waals surface area contributed by atoms with E-state index in [1.54, 1.807) is 0 Å². The van der Waals surface area contributed by atoms with Gasteiger partial charge in [0, 0.05) is 12.2 Å². The number of hydrogen-bond acceptors (Lipinski definition) is 2. The van der Waals surface area contributed by atoms with Gasteiger partial charge >= 0.3 is 6.36 Å². The molecule has 1 N–H and O–H groups in total. The van der Waals surface area contributed by atoms with Crippen LogP contribution in [0.4, 0.5) is 23.2 Å². The molecule has 0 amide bonds. The Kier molecular flexibility index (Phi) is 4.57. The van der Waals surface area contributed by atoms with Gasteiger partial charge < -0.3 is 10.1 Å². The highest BCUT2D eigenvalue weighted by molar-refractivity contribution is 6.31. The first-order valence-electron chi connectivity index (χ1n) is 5.87. The summed E-state index contributed by atoms with van der Waals surface area (Å²) in [7, 11) is 0. The van der Waals surface area contributed by atoms with Crippen LogP contribution in [0.5, 0.6) is 5.75 Å². The maximum absolute atomic E-state index is 13.0. The lowest BCUT2D eigenvalue weighted by atomic mass is 10.2. The highest BCUT2D eigenvalue weighted by Gasteiger charge is 2.30. The average Bonchev–Trinajstić information content (AvgIpc) is 2.40. The zero-order valence-electron chi connectivity index (χ0n) is 10.5. The molecule has 2 aromatic rings. The third kappa shape index (κ3) is 4.82. The Morgan fingerprint density at radius 3 is 2.29 bits per heavy atom. The highest BCUT2D eigenvalue weighted by atomic mass is 35.5. The minimum atomic E-state index is -4.70. The molecule has 0 heterocycles. The fourth-order valence-corrected chi connectivity index (χ4v) is 1.80. The van der Waals surface area contributed by atoms with Crippen molar-refractivity contribution in [3.63, 3.8) is 0 Å². The number of hydrogen-bond donors (Lipinski definition) is 1. The van der Waals surface area contributed by atoms with Gasteiger partial charge in [-0.1, -0.05) is 23.7 Å². The molecule has 21 heavy (non-hydrogen) atoms. The fraction of sp³-hybridized carbons (Fsp3) is 0.143. The van der Waals surface area contributed by atoms with Gasteiger partial charge in [-0.25, -0.2) is 4.39 Å². The van der Waals surface area contributed by atoms with E-state index in [0.29, 0.717) is 12.2 Å². The van der Waals surface area contributed by atoms with Crippen molar-refractivity contribution in [2.24, 2.45) is 0 Å². The van der Waals surface area contributed by atoms with E-state index in [1.807, 2.05) is 0 Å². The second-order valence-electron chi connectivity index (χ2n) is 4.17. The number of rotatable bonds is 4. The molecule has 0 unspecified atom stereocenters. The smallest absolute Gasteiger partial charge is 0.406 e. The van der Waals surface area contributed by atoms with Crippen LogP contribution in [0.2, 0.25) is 5.02 Å². The first-order valence-corrected chi connectivity index (χ1v) is 6.25. The van der Waals surface area contributed by atoms with Crippen LogP contribution < -0.4 is 10.1 Å². The molecule has 0 aliphatic carbocycles. The molecule has 0 atom stereocenters. The van der Waals surface area contributed by atoms with Crippen LogP contribution >= 0.6 is 11.6 Å². The molecular weight excluding hydrogens is 310 g/mol. The van der Waals surface area contributed by atoms with E-state index < -0.39 is 12.2 Å². The lowest BCUT2D eigenvalue weighted by Gasteiger charge is -2.10. The predicted octanol–water partition coefficient (Wildman–Crippen LogP) is 4.99. The second-order valence-corrected chi connectivity index (χ2v) is 4.58. The molecule has 0 fully saturated rings. The van der Waals surface area contributed by atoms with E-state index >= 15 is 0 Å². The summed E-state index contributed by atoms with van der Waals surface area (Å²) in [4.78, 5) is 0. The summed E-state index contributed by atoms with van der Waals surface area (Å²) in [5.74, 6) is -0.799. The summed E-state index contributed by atoms with van der Waals surface area (Å²) in [6.45, 7) is 0.355. The summed E-state index contributed by atoms with van der Waals surface area (Å²) in [5, 5.41) is 2.98. The Bertz CT molecular complexity index is 613. The summed E-state index contributed by atoms with van der Waals surface area (Å²) >= 11 is 5.64. The summed E-state index contributed by atoms with van der Waals surface area (Å²) < 4.78 is 52.8. The maximum atomic E-state index is 13.0. The monoisotopic (exact) mass is 319 g/mol. The van der Waals surface area contributed by atoms with Crippen LogP contribution in [0, 0.1) is 5.82 Å². The minimum absolute atomic E-state index is 0.00562. The van der Waals surface area contributed by atoms with Crippen molar-refractivity contribution >= 4 is 17.3 Å². The zero-order chi connectivity index (χ0) is 15.5. The van der Waals surface area contributed by atoms with Crippen LogP contribution in [0.15, 0.2) is 42.5 Å². The fourth-order valence-electron chi connectivity index (χ4n) is 1.62. The highest BCUT2D eigenvalue weighted by Crippen LogP contribution is 2.23. The van der Waals surface area contributed by atoms with E-state index in [2.05, 4.69) is 10.1 Å². The van der Waals surface area contributed by atoms with Crippen LogP contribution in [0.25, 0.3) is 0 Å². The Labute approximate surface area is 123 Å². The van der Waals surface area contributed by atoms with Crippen LogP contribution in [0.1, 0.15) is 5.56 Å². The van der Waals surface area contributed by atoms with E-state index in [1.165, 1.54) is 42.5 Å². The summed E-state index contributed by atoms with van der Waals surface area (Å²) in [6.07, 6.45) is -4.70. The van der Waals surface area contributed by atoms with E-state index in [-0.39, 0.29) is 10.8 Å². The molecule has 2 aromatic carbocycles. The molecule has 2 rings (SSSR count). The number of halogens is 5. The Morgan fingerprint density at radius 2 is 1.71 bits per heavy atom. The van der Waals surface area contributed by atoms with E-state index in [9.17, 15) is 17.6 Å². The van der Waals surface area contributed by atoms with Gasteiger partial charge in [0.25, 0.3) is 0 Å². The third-order valence-electron chi connectivity index (χ3n) is 2.57. The van der Waals surface area contributed by atoms with Crippen molar-refractivity contribution in [3.8, 4) is 5.75 Å². The predicted molar refractivity (Wildman–Crippen MR) is 71.9 cm³/mol. The first kappa shape index (κ1) is 15.4. The molecule has 2 nitrogen and oxygen atoms in total. The summed E-state index contributed by atoms with van der Waals surface area (Å²) in [6, 6.07) is 9.62. The molecule has 112 valence electrons. The third-order valence-corrected chi connectivity index (χ3v) is 2.86. The molecular formula is C14H10ClF4NO. The number of alkyl halides is 3. The van der Waals surface area contributed by atoms with E-state index in [0.717, 1.165) is 5.56 Å². The van der Waals surface area contributed by atoms with Gasteiger partial charge in [0.1, 0.15) is 11.6 Å². The number of benzene rings is 2. The Balaban J connectivity index is 1.96. The van der Waals surface area contributed by atoms with Gasteiger partial charge in [-0.15, -0.1) is 13.2 Å². The molecule has 0 saturated heterocycles. The van der Waals surface area contributed by atoms with Crippen LogP contribution in [0.3, 0.4) is 0 Å². The topological polar surface area (TPSA) is 21.3 Å². The minimum Gasteiger partial charge on any atom is -0.406 e. The van der Waals surface area contributed by atoms with Gasteiger partial charge in [0.05, 0.1) is 5.02 Å².